The highest BCUT2D eigenvalue weighted by molar-refractivity contribution is 6.05. The molecule has 0 bridgehead atoms. The minimum Gasteiger partial charge on any atom is -0.340 e. The second kappa shape index (κ2) is 8.47. The second-order valence-corrected chi connectivity index (χ2v) is 5.96. The predicted molar refractivity (Wildman–Crippen MR) is 107 cm³/mol. The Hall–Kier alpha value is -4.18. The van der Waals surface area contributed by atoms with Crippen LogP contribution in [-0.2, 0) is 4.79 Å². The van der Waals surface area contributed by atoms with Crippen LogP contribution in [0.4, 0.5) is 22.9 Å². The van der Waals surface area contributed by atoms with E-state index in [1.165, 1.54) is 13.1 Å². The van der Waals surface area contributed by atoms with Gasteiger partial charge in [-0.25, -0.2) is 4.98 Å². The Morgan fingerprint density at radius 3 is 2.32 bits per heavy atom. The van der Waals surface area contributed by atoms with Gasteiger partial charge in [-0.2, -0.15) is 5.26 Å². The maximum atomic E-state index is 12.5. The van der Waals surface area contributed by atoms with E-state index in [0.717, 1.165) is 5.69 Å². The lowest BCUT2D eigenvalue weighted by atomic mass is 10.2. The number of carbonyl (C=O) groups is 2. The van der Waals surface area contributed by atoms with Gasteiger partial charge in [-0.3, -0.25) is 9.59 Å². The minimum absolute atomic E-state index is 0.184. The molecule has 3 rings (SSSR count). The van der Waals surface area contributed by atoms with Crippen LogP contribution < -0.4 is 16.0 Å². The maximum absolute atomic E-state index is 12.5. The SMILES string of the molecule is CC(=O)Nc1cccc(NC(=O)c2ccnc(Nc3ccc(C#N)cc3)c2)c1. The quantitative estimate of drug-likeness (QED) is 0.630. The third kappa shape index (κ3) is 4.93. The molecule has 1 aromatic heterocycles. The van der Waals surface area contributed by atoms with Crippen LogP contribution in [0.15, 0.2) is 66.9 Å². The fraction of sp³-hybridized carbons (Fsp3) is 0.0476. The normalized spacial score (nSPS) is 9.86. The highest BCUT2D eigenvalue weighted by Gasteiger charge is 2.08. The number of amides is 2. The van der Waals surface area contributed by atoms with Crippen LogP contribution in [0.5, 0.6) is 0 Å². The number of aromatic nitrogens is 1. The number of anilines is 4. The van der Waals surface area contributed by atoms with Gasteiger partial charge in [-0.05, 0) is 54.6 Å². The molecule has 0 aliphatic carbocycles. The molecule has 0 saturated heterocycles. The summed E-state index contributed by atoms with van der Waals surface area (Å²) in [6.45, 7) is 1.42. The van der Waals surface area contributed by atoms with E-state index in [1.807, 2.05) is 0 Å². The third-order valence-electron chi connectivity index (χ3n) is 3.75. The Morgan fingerprint density at radius 1 is 0.929 bits per heavy atom. The molecule has 0 aliphatic rings. The molecule has 2 aromatic carbocycles. The van der Waals surface area contributed by atoms with E-state index in [9.17, 15) is 9.59 Å². The highest BCUT2D eigenvalue weighted by atomic mass is 16.2. The molecule has 0 spiro atoms. The molecule has 0 radical (unpaired) electrons. The molecule has 0 saturated carbocycles. The smallest absolute Gasteiger partial charge is 0.255 e. The van der Waals surface area contributed by atoms with Crippen LogP contribution in [0.2, 0.25) is 0 Å². The first-order valence-electron chi connectivity index (χ1n) is 8.46. The molecule has 138 valence electrons. The monoisotopic (exact) mass is 371 g/mol. The number of carbonyl (C=O) groups excluding carboxylic acids is 2. The Labute approximate surface area is 162 Å². The van der Waals surface area contributed by atoms with E-state index in [-0.39, 0.29) is 11.8 Å². The molecule has 3 N–H and O–H groups in total. The molecule has 28 heavy (non-hydrogen) atoms. The fourth-order valence-corrected chi connectivity index (χ4v) is 2.50. The molecular formula is C21H17N5O2. The largest absolute Gasteiger partial charge is 0.340 e. The van der Waals surface area contributed by atoms with Crippen molar-refractivity contribution in [1.82, 2.24) is 4.98 Å². The van der Waals surface area contributed by atoms with Crippen LogP contribution in [0.1, 0.15) is 22.8 Å². The molecule has 2 amide bonds. The van der Waals surface area contributed by atoms with Gasteiger partial charge in [0.15, 0.2) is 0 Å². The van der Waals surface area contributed by atoms with Crippen molar-refractivity contribution in [1.29, 1.82) is 5.26 Å². The Kier molecular flexibility index (Phi) is 5.63. The molecule has 0 unspecified atom stereocenters. The number of pyridine rings is 1. The van der Waals surface area contributed by atoms with Crippen molar-refractivity contribution in [2.45, 2.75) is 6.92 Å². The van der Waals surface area contributed by atoms with Crippen molar-refractivity contribution in [2.75, 3.05) is 16.0 Å². The first-order chi connectivity index (χ1) is 13.5. The van der Waals surface area contributed by atoms with Gasteiger partial charge in [-0.1, -0.05) is 6.07 Å². The number of nitrogens with one attached hydrogen (secondary N) is 3. The summed E-state index contributed by atoms with van der Waals surface area (Å²) in [4.78, 5) is 27.9. The third-order valence-corrected chi connectivity index (χ3v) is 3.75. The Morgan fingerprint density at radius 2 is 1.64 bits per heavy atom. The average molecular weight is 371 g/mol. The number of nitrogens with zero attached hydrogens (tertiary/aromatic N) is 2. The van der Waals surface area contributed by atoms with E-state index in [1.54, 1.807) is 60.7 Å². The highest BCUT2D eigenvalue weighted by Crippen LogP contribution is 2.19. The number of nitriles is 1. The van der Waals surface area contributed by atoms with Gasteiger partial charge in [-0.15, -0.1) is 0 Å². The van der Waals surface area contributed by atoms with Crippen molar-refractivity contribution in [3.63, 3.8) is 0 Å². The van der Waals surface area contributed by atoms with Crippen molar-refractivity contribution in [2.24, 2.45) is 0 Å². The predicted octanol–water partition coefficient (Wildman–Crippen LogP) is 3.91. The van der Waals surface area contributed by atoms with E-state index < -0.39 is 0 Å². The first kappa shape index (κ1) is 18.6. The lowest BCUT2D eigenvalue weighted by Gasteiger charge is -2.10. The molecule has 3 aromatic rings. The molecular weight excluding hydrogens is 354 g/mol. The van der Waals surface area contributed by atoms with Crippen molar-refractivity contribution < 1.29 is 9.59 Å². The minimum atomic E-state index is -0.301. The summed E-state index contributed by atoms with van der Waals surface area (Å²) in [7, 11) is 0. The zero-order valence-corrected chi connectivity index (χ0v) is 15.1. The van der Waals surface area contributed by atoms with Crippen LogP contribution in [0.3, 0.4) is 0 Å². The summed E-state index contributed by atoms with van der Waals surface area (Å²) in [5.74, 6) is 0.0192. The first-order valence-corrected chi connectivity index (χ1v) is 8.46. The summed E-state index contributed by atoms with van der Waals surface area (Å²) < 4.78 is 0. The van der Waals surface area contributed by atoms with E-state index in [4.69, 9.17) is 5.26 Å². The van der Waals surface area contributed by atoms with Crippen LogP contribution in [0.25, 0.3) is 0 Å². The zero-order valence-electron chi connectivity index (χ0n) is 15.1. The van der Waals surface area contributed by atoms with Gasteiger partial charge in [0.05, 0.1) is 11.6 Å². The molecule has 0 atom stereocenters. The number of rotatable bonds is 5. The second-order valence-electron chi connectivity index (χ2n) is 5.96. The zero-order chi connectivity index (χ0) is 19.9. The maximum Gasteiger partial charge on any atom is 0.255 e. The van der Waals surface area contributed by atoms with Gasteiger partial charge in [0.25, 0.3) is 5.91 Å². The van der Waals surface area contributed by atoms with Crippen LogP contribution in [0, 0.1) is 11.3 Å². The van der Waals surface area contributed by atoms with Crippen LogP contribution >= 0.6 is 0 Å². The summed E-state index contributed by atoms with van der Waals surface area (Å²) in [5.41, 5.74) is 2.91. The van der Waals surface area contributed by atoms with Gasteiger partial charge in [0.1, 0.15) is 5.82 Å². The average Bonchev–Trinajstić information content (AvgIpc) is 2.68. The summed E-state index contributed by atoms with van der Waals surface area (Å²) in [6, 6.07) is 19.1. The van der Waals surface area contributed by atoms with E-state index in [0.29, 0.717) is 28.3 Å². The molecule has 0 fully saturated rings. The van der Waals surface area contributed by atoms with E-state index >= 15 is 0 Å². The summed E-state index contributed by atoms with van der Waals surface area (Å²) in [6.07, 6.45) is 1.54. The standard InChI is InChI=1S/C21H17N5O2/c1-14(27)24-18-3-2-4-19(12-18)26-21(28)16-9-10-23-20(11-16)25-17-7-5-15(13-22)6-8-17/h2-12H,1H3,(H,23,25)(H,24,27)(H,26,28). The molecule has 1 heterocycles. The number of hydrogen-bond acceptors (Lipinski definition) is 5. The van der Waals surface area contributed by atoms with Crippen LogP contribution in [-0.4, -0.2) is 16.8 Å². The lowest BCUT2D eigenvalue weighted by Crippen LogP contribution is -2.13. The Balaban J connectivity index is 1.71. The topological polar surface area (TPSA) is 107 Å². The Bertz CT molecular complexity index is 1050. The van der Waals surface area contributed by atoms with E-state index in [2.05, 4.69) is 27.0 Å². The number of hydrogen-bond donors (Lipinski definition) is 3. The summed E-state index contributed by atoms with van der Waals surface area (Å²) >= 11 is 0. The molecule has 7 nitrogen and oxygen atoms in total. The van der Waals surface area contributed by atoms with Gasteiger partial charge >= 0.3 is 0 Å². The fourth-order valence-electron chi connectivity index (χ4n) is 2.50. The molecule has 7 heteroatoms. The van der Waals surface area contributed by atoms with Crippen molar-refractivity contribution >= 4 is 34.7 Å². The van der Waals surface area contributed by atoms with Gasteiger partial charge in [0, 0.05) is 35.7 Å². The lowest BCUT2D eigenvalue weighted by molar-refractivity contribution is -0.114. The van der Waals surface area contributed by atoms with Gasteiger partial charge < -0.3 is 16.0 Å². The molecule has 0 aliphatic heterocycles. The van der Waals surface area contributed by atoms with Crippen molar-refractivity contribution in [3.8, 4) is 6.07 Å². The van der Waals surface area contributed by atoms with Gasteiger partial charge in [0.2, 0.25) is 5.91 Å². The van der Waals surface area contributed by atoms with Crippen molar-refractivity contribution in [3.05, 3.63) is 78.0 Å². The number of benzene rings is 2. The summed E-state index contributed by atoms with van der Waals surface area (Å²) in [5, 5.41) is 17.4.